The highest BCUT2D eigenvalue weighted by atomic mass is 16.5. The summed E-state index contributed by atoms with van der Waals surface area (Å²) in [5.74, 6) is 1.52. The first-order chi connectivity index (χ1) is 17.8. The average molecular weight is 506 g/mol. The number of aromatic nitrogens is 2. The van der Waals surface area contributed by atoms with Crippen LogP contribution in [0.4, 0.5) is 0 Å². The molecule has 0 aliphatic carbocycles. The molecule has 1 saturated heterocycles. The van der Waals surface area contributed by atoms with E-state index in [2.05, 4.69) is 40.8 Å². The molecule has 0 bridgehead atoms. The van der Waals surface area contributed by atoms with Crippen molar-refractivity contribution in [2.45, 2.75) is 65.6 Å². The van der Waals surface area contributed by atoms with Gasteiger partial charge in [0.1, 0.15) is 5.82 Å². The summed E-state index contributed by atoms with van der Waals surface area (Å²) < 4.78 is 13.4. The molecule has 2 heterocycles. The lowest BCUT2D eigenvalue weighted by molar-refractivity contribution is -0.139. The van der Waals surface area contributed by atoms with Gasteiger partial charge in [0.05, 0.1) is 24.4 Å². The van der Waals surface area contributed by atoms with E-state index >= 15 is 0 Å². The van der Waals surface area contributed by atoms with Crippen molar-refractivity contribution in [1.29, 1.82) is 0 Å². The van der Waals surface area contributed by atoms with Crippen LogP contribution in [0.5, 0.6) is 11.5 Å². The first-order valence-corrected chi connectivity index (χ1v) is 12.7. The van der Waals surface area contributed by atoms with E-state index in [4.69, 9.17) is 9.47 Å². The minimum Gasteiger partial charge on any atom is -0.493 e. The number of hydrogen-bond acceptors (Lipinski definition) is 6. The van der Waals surface area contributed by atoms with Crippen LogP contribution in [-0.4, -0.2) is 58.3 Å². The summed E-state index contributed by atoms with van der Waals surface area (Å²) in [6.07, 6.45) is 4.70. The van der Waals surface area contributed by atoms with E-state index < -0.39 is 0 Å². The Labute approximate surface area is 217 Å². The van der Waals surface area contributed by atoms with Gasteiger partial charge in [0.2, 0.25) is 0 Å². The molecule has 9 nitrogen and oxygen atoms in total. The molecular weight excluding hydrogens is 470 g/mol. The molecular formula is C28H35N5O4. The summed E-state index contributed by atoms with van der Waals surface area (Å²) in [6, 6.07) is 11.1. The standard InChI is InChI=1S/C28H35N5O4/c1-6-32-20(4)30-23-15-22(11-12-24(23)32)28(35)31-29-16-21-10-13-25(26(14-21)36-5)37-17-27(34)33-18(2)8-7-9-19(33)3/h10-16,18-19H,6-9,17H2,1-5H3,(H,31,35)/b29-16-/t18-,19-/m0/s1. The lowest BCUT2D eigenvalue weighted by Crippen LogP contribution is -2.49. The Balaban J connectivity index is 1.37. The lowest BCUT2D eigenvalue weighted by atomic mass is 9.97. The van der Waals surface area contributed by atoms with E-state index in [0.717, 1.165) is 42.7 Å². The minimum absolute atomic E-state index is 0.0232. The van der Waals surface area contributed by atoms with Crippen molar-refractivity contribution < 1.29 is 19.1 Å². The van der Waals surface area contributed by atoms with Crippen LogP contribution in [0.2, 0.25) is 0 Å². The summed E-state index contributed by atoms with van der Waals surface area (Å²) in [6.45, 7) is 8.95. The molecule has 1 aromatic heterocycles. The number of hydrogen-bond donors (Lipinski definition) is 1. The number of rotatable bonds is 8. The Morgan fingerprint density at radius 2 is 1.89 bits per heavy atom. The molecule has 1 N–H and O–H groups in total. The quantitative estimate of drug-likeness (QED) is 0.364. The minimum atomic E-state index is -0.326. The number of likely N-dealkylation sites (tertiary alicyclic amines) is 1. The number of aryl methyl sites for hydroxylation is 2. The molecule has 1 fully saturated rings. The summed E-state index contributed by atoms with van der Waals surface area (Å²) in [4.78, 5) is 31.8. The van der Waals surface area contributed by atoms with Gasteiger partial charge < -0.3 is 18.9 Å². The highest BCUT2D eigenvalue weighted by Crippen LogP contribution is 2.28. The Morgan fingerprint density at radius 3 is 2.59 bits per heavy atom. The molecule has 2 atom stereocenters. The maximum atomic E-state index is 12.8. The number of nitrogens with one attached hydrogen (secondary N) is 1. The first kappa shape index (κ1) is 26.2. The van der Waals surface area contributed by atoms with E-state index in [1.54, 1.807) is 37.4 Å². The van der Waals surface area contributed by atoms with Gasteiger partial charge in [0.15, 0.2) is 18.1 Å². The first-order valence-electron chi connectivity index (χ1n) is 12.7. The van der Waals surface area contributed by atoms with Crippen LogP contribution >= 0.6 is 0 Å². The maximum Gasteiger partial charge on any atom is 0.271 e. The largest absolute Gasteiger partial charge is 0.493 e. The van der Waals surface area contributed by atoms with Gasteiger partial charge in [-0.25, -0.2) is 10.4 Å². The van der Waals surface area contributed by atoms with Crippen LogP contribution in [0, 0.1) is 6.92 Å². The van der Waals surface area contributed by atoms with Gasteiger partial charge in [-0.05, 0) is 88.9 Å². The van der Waals surface area contributed by atoms with Crippen LogP contribution in [0.15, 0.2) is 41.5 Å². The van der Waals surface area contributed by atoms with Crippen molar-refractivity contribution >= 4 is 29.1 Å². The van der Waals surface area contributed by atoms with Gasteiger partial charge in [0, 0.05) is 24.2 Å². The van der Waals surface area contributed by atoms with Crippen LogP contribution in [0.25, 0.3) is 11.0 Å². The van der Waals surface area contributed by atoms with Gasteiger partial charge in [-0.15, -0.1) is 0 Å². The van der Waals surface area contributed by atoms with Crippen LogP contribution in [0.3, 0.4) is 0 Å². The van der Waals surface area contributed by atoms with E-state index in [1.165, 1.54) is 6.21 Å². The Hall–Kier alpha value is -3.88. The van der Waals surface area contributed by atoms with Crippen molar-refractivity contribution in [3.63, 3.8) is 0 Å². The number of hydrazone groups is 1. The second-order valence-corrected chi connectivity index (χ2v) is 9.43. The Kier molecular flexibility index (Phi) is 8.11. The van der Waals surface area contributed by atoms with E-state index in [-0.39, 0.29) is 30.5 Å². The molecule has 3 aromatic rings. The molecule has 37 heavy (non-hydrogen) atoms. The number of methoxy groups -OCH3 is 1. The van der Waals surface area contributed by atoms with Crippen LogP contribution < -0.4 is 14.9 Å². The van der Waals surface area contributed by atoms with Crippen molar-refractivity contribution in [2.75, 3.05) is 13.7 Å². The summed E-state index contributed by atoms with van der Waals surface area (Å²) in [5.41, 5.74) is 5.52. The molecule has 4 rings (SSSR count). The summed E-state index contributed by atoms with van der Waals surface area (Å²) >= 11 is 0. The number of carbonyl (C=O) groups excluding carboxylic acids is 2. The number of ether oxygens (including phenoxy) is 2. The van der Waals surface area contributed by atoms with Crippen molar-refractivity contribution in [1.82, 2.24) is 19.9 Å². The molecule has 0 spiro atoms. The zero-order chi connectivity index (χ0) is 26.5. The van der Waals surface area contributed by atoms with Gasteiger partial charge >= 0.3 is 0 Å². The third-order valence-electron chi connectivity index (χ3n) is 6.92. The number of amides is 2. The molecule has 0 radical (unpaired) electrons. The monoisotopic (exact) mass is 505 g/mol. The van der Waals surface area contributed by atoms with Crippen molar-refractivity contribution in [2.24, 2.45) is 5.10 Å². The van der Waals surface area contributed by atoms with E-state index in [1.807, 2.05) is 17.9 Å². The fraction of sp³-hybridized carbons (Fsp3) is 0.429. The second-order valence-electron chi connectivity index (χ2n) is 9.43. The summed E-state index contributed by atoms with van der Waals surface area (Å²) in [5, 5.41) is 4.09. The highest BCUT2D eigenvalue weighted by Gasteiger charge is 2.29. The van der Waals surface area contributed by atoms with Gasteiger partial charge in [0.25, 0.3) is 11.8 Å². The van der Waals surface area contributed by atoms with Gasteiger partial charge in [-0.2, -0.15) is 5.10 Å². The summed E-state index contributed by atoms with van der Waals surface area (Å²) in [7, 11) is 1.54. The number of piperidine rings is 1. The van der Waals surface area contributed by atoms with Crippen LogP contribution in [0.1, 0.15) is 61.8 Å². The Bertz CT molecular complexity index is 1310. The third kappa shape index (κ3) is 5.76. The predicted octanol–water partition coefficient (Wildman–Crippen LogP) is 4.31. The second kappa shape index (κ2) is 11.5. The Morgan fingerprint density at radius 1 is 1.14 bits per heavy atom. The zero-order valence-corrected chi connectivity index (χ0v) is 22.2. The molecule has 9 heteroatoms. The van der Waals surface area contributed by atoms with E-state index in [0.29, 0.717) is 22.6 Å². The maximum absolute atomic E-state index is 12.8. The normalized spacial score (nSPS) is 17.8. The molecule has 1 aliphatic heterocycles. The van der Waals surface area contributed by atoms with Gasteiger partial charge in [-0.1, -0.05) is 0 Å². The topological polar surface area (TPSA) is 98.1 Å². The zero-order valence-electron chi connectivity index (χ0n) is 22.2. The number of fused-ring (bicyclic) bond motifs is 1. The lowest BCUT2D eigenvalue weighted by Gasteiger charge is -2.39. The molecule has 2 aromatic carbocycles. The predicted molar refractivity (Wildman–Crippen MR) is 143 cm³/mol. The molecule has 196 valence electrons. The number of imidazole rings is 1. The smallest absolute Gasteiger partial charge is 0.271 e. The van der Waals surface area contributed by atoms with Crippen molar-refractivity contribution in [3.05, 3.63) is 53.3 Å². The van der Waals surface area contributed by atoms with E-state index in [9.17, 15) is 9.59 Å². The van der Waals surface area contributed by atoms with Gasteiger partial charge in [-0.3, -0.25) is 9.59 Å². The molecule has 1 aliphatic rings. The fourth-order valence-corrected chi connectivity index (χ4v) is 5.03. The molecule has 0 saturated carbocycles. The average Bonchev–Trinajstić information content (AvgIpc) is 3.21. The van der Waals surface area contributed by atoms with Crippen LogP contribution in [-0.2, 0) is 11.3 Å². The SMILES string of the molecule is CCn1c(C)nc2cc(C(=O)N/N=C\c3ccc(OCC(=O)N4[C@@H](C)CCC[C@@H]4C)c(OC)c3)ccc21. The van der Waals surface area contributed by atoms with Crippen molar-refractivity contribution in [3.8, 4) is 11.5 Å². The highest BCUT2D eigenvalue weighted by molar-refractivity contribution is 5.98. The number of carbonyl (C=O) groups is 2. The fourth-order valence-electron chi connectivity index (χ4n) is 5.03. The number of benzene rings is 2. The molecule has 0 unspecified atom stereocenters. The third-order valence-corrected chi connectivity index (χ3v) is 6.92. The number of nitrogens with zero attached hydrogens (tertiary/aromatic N) is 4. The molecule has 2 amide bonds.